The Hall–Kier alpha value is -2.04. The standard InChI is InChI=1S/C17H24N4O5S/c1-14(17(22)19-8-4-5-9-19)18-10-12-20(13-11-18)27(25,26)16-7-3-2-6-15(16)21(23)24/h2-3,6-7,14H,4-5,8-13H2,1H3/t14-/m0/s1. The van der Waals surface area contributed by atoms with Crippen LogP contribution in [0.5, 0.6) is 0 Å². The Bertz CT molecular complexity index is 814. The third-order valence-electron chi connectivity index (χ3n) is 5.28. The summed E-state index contributed by atoms with van der Waals surface area (Å²) in [5.74, 6) is 0.0857. The summed E-state index contributed by atoms with van der Waals surface area (Å²) in [6.45, 7) is 4.66. The highest BCUT2D eigenvalue weighted by Gasteiger charge is 2.36. The van der Waals surface area contributed by atoms with Gasteiger partial charge in [-0.05, 0) is 25.8 Å². The molecular formula is C17H24N4O5S. The number of hydrogen-bond donors (Lipinski definition) is 0. The molecule has 0 radical (unpaired) electrons. The Balaban J connectivity index is 1.68. The number of carbonyl (C=O) groups is 1. The first-order valence-electron chi connectivity index (χ1n) is 9.09. The van der Waals surface area contributed by atoms with Crippen LogP contribution in [-0.4, -0.2) is 78.7 Å². The first-order valence-corrected chi connectivity index (χ1v) is 10.5. The highest BCUT2D eigenvalue weighted by molar-refractivity contribution is 7.89. The maximum Gasteiger partial charge on any atom is 0.289 e. The van der Waals surface area contributed by atoms with Crippen LogP contribution in [0.3, 0.4) is 0 Å². The van der Waals surface area contributed by atoms with Crippen LogP contribution in [-0.2, 0) is 14.8 Å². The predicted octanol–water partition coefficient (Wildman–Crippen LogP) is 0.912. The maximum absolute atomic E-state index is 12.9. The number of likely N-dealkylation sites (tertiary alicyclic amines) is 1. The number of nitro groups is 1. The van der Waals surface area contributed by atoms with Crippen molar-refractivity contribution in [3.05, 3.63) is 34.4 Å². The second-order valence-electron chi connectivity index (χ2n) is 6.87. The van der Waals surface area contributed by atoms with Crippen LogP contribution in [0, 0.1) is 10.1 Å². The Morgan fingerprint density at radius 3 is 2.26 bits per heavy atom. The molecular weight excluding hydrogens is 372 g/mol. The van der Waals surface area contributed by atoms with Crippen LogP contribution < -0.4 is 0 Å². The molecule has 1 atom stereocenters. The van der Waals surface area contributed by atoms with Gasteiger partial charge in [-0.2, -0.15) is 4.31 Å². The number of nitro benzene ring substituents is 1. The van der Waals surface area contributed by atoms with Crippen LogP contribution in [0.15, 0.2) is 29.2 Å². The number of carbonyl (C=O) groups excluding carboxylic acids is 1. The lowest BCUT2D eigenvalue weighted by Gasteiger charge is -2.37. The zero-order valence-corrected chi connectivity index (χ0v) is 16.1. The number of benzene rings is 1. The van der Waals surface area contributed by atoms with Crippen molar-refractivity contribution < 1.29 is 18.1 Å². The van der Waals surface area contributed by atoms with E-state index in [0.29, 0.717) is 13.1 Å². The smallest absolute Gasteiger partial charge is 0.289 e. The van der Waals surface area contributed by atoms with Crippen molar-refractivity contribution >= 4 is 21.6 Å². The van der Waals surface area contributed by atoms with Gasteiger partial charge in [-0.15, -0.1) is 0 Å². The van der Waals surface area contributed by atoms with E-state index in [4.69, 9.17) is 0 Å². The molecule has 10 heteroatoms. The number of piperazine rings is 1. The molecule has 0 saturated carbocycles. The average Bonchev–Trinajstić information content (AvgIpc) is 3.21. The number of nitrogens with zero attached hydrogens (tertiary/aromatic N) is 4. The summed E-state index contributed by atoms with van der Waals surface area (Å²) in [5.41, 5.74) is -0.419. The van der Waals surface area contributed by atoms with Crippen molar-refractivity contribution in [2.45, 2.75) is 30.7 Å². The van der Waals surface area contributed by atoms with Gasteiger partial charge in [-0.1, -0.05) is 12.1 Å². The van der Waals surface area contributed by atoms with Gasteiger partial charge in [0.05, 0.1) is 11.0 Å². The molecule has 0 aliphatic carbocycles. The monoisotopic (exact) mass is 396 g/mol. The Kier molecular flexibility index (Phi) is 5.78. The van der Waals surface area contributed by atoms with E-state index in [1.165, 1.54) is 28.6 Å². The van der Waals surface area contributed by atoms with Gasteiger partial charge in [0.2, 0.25) is 15.9 Å². The summed E-state index contributed by atoms with van der Waals surface area (Å²) < 4.78 is 27.0. The minimum absolute atomic E-state index is 0.0857. The molecule has 9 nitrogen and oxygen atoms in total. The second kappa shape index (κ2) is 7.91. The van der Waals surface area contributed by atoms with Crippen LogP contribution in [0.4, 0.5) is 5.69 Å². The van der Waals surface area contributed by atoms with Crippen molar-refractivity contribution in [1.82, 2.24) is 14.1 Å². The van der Waals surface area contributed by atoms with E-state index in [9.17, 15) is 23.3 Å². The maximum atomic E-state index is 12.9. The van der Waals surface area contributed by atoms with Crippen LogP contribution in [0.25, 0.3) is 0 Å². The van der Waals surface area contributed by atoms with Crippen molar-refractivity contribution in [3.8, 4) is 0 Å². The molecule has 148 valence electrons. The lowest BCUT2D eigenvalue weighted by atomic mass is 10.2. The number of rotatable bonds is 5. The summed E-state index contributed by atoms with van der Waals surface area (Å²) in [7, 11) is -3.95. The van der Waals surface area contributed by atoms with Gasteiger partial charge in [0, 0.05) is 45.3 Å². The second-order valence-corrected chi connectivity index (χ2v) is 8.78. The lowest BCUT2D eigenvalue weighted by Crippen LogP contribution is -2.55. The molecule has 0 N–H and O–H groups in total. The molecule has 3 rings (SSSR count). The number of hydrogen-bond acceptors (Lipinski definition) is 6. The van der Waals surface area contributed by atoms with E-state index in [1.807, 2.05) is 16.7 Å². The van der Waals surface area contributed by atoms with Crippen LogP contribution in [0.2, 0.25) is 0 Å². The summed E-state index contributed by atoms with van der Waals surface area (Å²) in [4.78, 5) is 26.6. The highest BCUT2D eigenvalue weighted by atomic mass is 32.2. The SMILES string of the molecule is C[C@@H](C(=O)N1CCCC1)N1CCN(S(=O)(=O)c2ccccc2[N+](=O)[O-])CC1. The molecule has 2 heterocycles. The van der Waals surface area contributed by atoms with Gasteiger partial charge in [-0.3, -0.25) is 19.8 Å². The summed E-state index contributed by atoms with van der Waals surface area (Å²) in [6.07, 6.45) is 2.06. The average molecular weight is 396 g/mol. The Morgan fingerprint density at radius 2 is 1.67 bits per heavy atom. The van der Waals surface area contributed by atoms with Crippen molar-refractivity contribution in [1.29, 1.82) is 0 Å². The molecule has 1 aromatic carbocycles. The van der Waals surface area contributed by atoms with Crippen molar-refractivity contribution in [3.63, 3.8) is 0 Å². The fourth-order valence-electron chi connectivity index (χ4n) is 3.65. The Morgan fingerprint density at radius 1 is 1.07 bits per heavy atom. The van der Waals surface area contributed by atoms with Crippen molar-refractivity contribution in [2.75, 3.05) is 39.3 Å². The van der Waals surface area contributed by atoms with E-state index in [1.54, 1.807) is 0 Å². The van der Waals surface area contributed by atoms with Gasteiger partial charge in [0.1, 0.15) is 0 Å². The fourth-order valence-corrected chi connectivity index (χ4v) is 5.23. The normalized spacial score (nSPS) is 20.6. The first kappa shape index (κ1) is 19.7. The lowest BCUT2D eigenvalue weighted by molar-refractivity contribution is -0.387. The largest absolute Gasteiger partial charge is 0.341 e. The molecule has 0 spiro atoms. The van der Waals surface area contributed by atoms with E-state index in [-0.39, 0.29) is 29.9 Å². The first-order chi connectivity index (χ1) is 12.8. The zero-order valence-electron chi connectivity index (χ0n) is 15.3. The molecule has 2 saturated heterocycles. The fraction of sp³-hybridized carbons (Fsp3) is 0.588. The summed E-state index contributed by atoms with van der Waals surface area (Å²) >= 11 is 0. The molecule has 27 heavy (non-hydrogen) atoms. The molecule has 0 aromatic heterocycles. The molecule has 1 amide bonds. The molecule has 2 aliphatic rings. The summed E-state index contributed by atoms with van der Waals surface area (Å²) in [6, 6.07) is 5.09. The predicted molar refractivity (Wildman–Crippen MR) is 98.7 cm³/mol. The molecule has 2 aliphatic heterocycles. The van der Waals surface area contributed by atoms with Gasteiger partial charge in [0.25, 0.3) is 5.69 Å². The van der Waals surface area contributed by atoms with Gasteiger partial charge >= 0.3 is 0 Å². The van der Waals surface area contributed by atoms with E-state index in [2.05, 4.69) is 0 Å². The molecule has 2 fully saturated rings. The summed E-state index contributed by atoms with van der Waals surface area (Å²) in [5, 5.41) is 11.2. The van der Waals surface area contributed by atoms with Crippen LogP contribution in [0.1, 0.15) is 19.8 Å². The van der Waals surface area contributed by atoms with Gasteiger partial charge in [-0.25, -0.2) is 8.42 Å². The third kappa shape index (κ3) is 3.97. The number of sulfonamides is 1. The van der Waals surface area contributed by atoms with Gasteiger partial charge in [0.15, 0.2) is 4.90 Å². The van der Waals surface area contributed by atoms with Crippen LogP contribution >= 0.6 is 0 Å². The molecule has 0 bridgehead atoms. The van der Waals surface area contributed by atoms with E-state index in [0.717, 1.165) is 25.9 Å². The zero-order chi connectivity index (χ0) is 19.6. The van der Waals surface area contributed by atoms with E-state index < -0.39 is 20.6 Å². The third-order valence-corrected chi connectivity index (χ3v) is 7.22. The topological polar surface area (TPSA) is 104 Å². The molecule has 1 aromatic rings. The Labute approximate surface area is 158 Å². The number of amides is 1. The minimum Gasteiger partial charge on any atom is -0.341 e. The minimum atomic E-state index is -3.95. The van der Waals surface area contributed by atoms with Crippen molar-refractivity contribution in [2.24, 2.45) is 0 Å². The highest BCUT2D eigenvalue weighted by Crippen LogP contribution is 2.27. The van der Waals surface area contributed by atoms with Gasteiger partial charge < -0.3 is 4.90 Å². The van der Waals surface area contributed by atoms with E-state index >= 15 is 0 Å². The quantitative estimate of drug-likeness (QED) is 0.541. The number of para-hydroxylation sites is 1. The molecule has 0 unspecified atom stereocenters.